The van der Waals surface area contributed by atoms with E-state index in [4.69, 9.17) is 23.2 Å². The van der Waals surface area contributed by atoms with Gasteiger partial charge in [-0.15, -0.1) is 11.8 Å². The van der Waals surface area contributed by atoms with Crippen LogP contribution in [0.1, 0.15) is 26.7 Å². The Labute approximate surface area is 122 Å². The highest BCUT2D eigenvalue weighted by molar-refractivity contribution is 8.00. The quantitative estimate of drug-likeness (QED) is 0.790. The minimum absolute atomic E-state index is 0.0322. The Morgan fingerprint density at radius 2 is 2.00 bits per heavy atom. The normalized spacial score (nSPS) is 10.7. The average molecular weight is 306 g/mol. The molecule has 0 heterocycles. The first-order valence-electron chi connectivity index (χ1n) is 5.94. The number of hydrogen-bond acceptors (Lipinski definition) is 2. The number of carbonyl (C=O) groups is 1. The Bertz CT molecular complexity index is 408. The van der Waals surface area contributed by atoms with Crippen molar-refractivity contribution in [1.29, 1.82) is 0 Å². The number of carbonyl (C=O) groups excluding carboxylic acids is 1. The van der Waals surface area contributed by atoms with Gasteiger partial charge >= 0.3 is 0 Å². The third kappa shape index (κ3) is 5.09. The number of amides is 1. The fourth-order valence-electron chi connectivity index (χ4n) is 1.49. The van der Waals surface area contributed by atoms with E-state index in [0.29, 0.717) is 15.8 Å². The third-order valence-corrected chi connectivity index (χ3v) is 4.33. The van der Waals surface area contributed by atoms with Crippen LogP contribution >= 0.6 is 35.0 Å². The van der Waals surface area contributed by atoms with E-state index in [1.807, 2.05) is 0 Å². The molecule has 0 bridgehead atoms. The fraction of sp³-hybridized carbons (Fsp3) is 0.462. The molecule has 1 aromatic carbocycles. The monoisotopic (exact) mass is 305 g/mol. The topological polar surface area (TPSA) is 29.1 Å². The smallest absolute Gasteiger partial charge is 0.230 e. The van der Waals surface area contributed by atoms with Gasteiger partial charge in [0.15, 0.2) is 0 Å². The van der Waals surface area contributed by atoms with E-state index in [1.165, 1.54) is 11.8 Å². The van der Waals surface area contributed by atoms with Crippen LogP contribution in [0.4, 0.5) is 0 Å². The molecule has 0 spiro atoms. The van der Waals surface area contributed by atoms with Gasteiger partial charge < -0.3 is 5.32 Å². The summed E-state index contributed by atoms with van der Waals surface area (Å²) in [5.41, 5.74) is 0. The van der Waals surface area contributed by atoms with Gasteiger partial charge in [0.1, 0.15) is 0 Å². The van der Waals surface area contributed by atoms with Crippen molar-refractivity contribution in [2.45, 2.75) is 37.6 Å². The summed E-state index contributed by atoms with van der Waals surface area (Å²) in [4.78, 5) is 12.6. The molecule has 0 saturated carbocycles. The van der Waals surface area contributed by atoms with Crippen LogP contribution in [0.5, 0.6) is 0 Å². The molecule has 0 radical (unpaired) electrons. The van der Waals surface area contributed by atoms with Gasteiger partial charge in [-0.2, -0.15) is 0 Å². The minimum Gasteiger partial charge on any atom is -0.353 e. The molecule has 5 heteroatoms. The number of benzene rings is 1. The zero-order valence-corrected chi connectivity index (χ0v) is 12.8. The van der Waals surface area contributed by atoms with Gasteiger partial charge in [0, 0.05) is 16.0 Å². The lowest BCUT2D eigenvalue weighted by Crippen LogP contribution is -2.34. The van der Waals surface area contributed by atoms with Gasteiger partial charge in [-0.1, -0.05) is 37.0 Å². The number of halogens is 2. The maximum Gasteiger partial charge on any atom is 0.230 e. The Hall–Kier alpha value is -0.380. The molecule has 100 valence electrons. The van der Waals surface area contributed by atoms with Crippen LogP contribution in [-0.4, -0.2) is 17.7 Å². The van der Waals surface area contributed by atoms with Crippen LogP contribution in [-0.2, 0) is 4.79 Å². The summed E-state index contributed by atoms with van der Waals surface area (Å²) in [7, 11) is 0. The van der Waals surface area contributed by atoms with Crippen molar-refractivity contribution in [2.24, 2.45) is 0 Å². The van der Waals surface area contributed by atoms with Crippen LogP contribution in [0.3, 0.4) is 0 Å². The zero-order valence-electron chi connectivity index (χ0n) is 10.5. The van der Waals surface area contributed by atoms with E-state index >= 15 is 0 Å². The Balaban J connectivity index is 2.49. The van der Waals surface area contributed by atoms with Gasteiger partial charge in [0.25, 0.3) is 0 Å². The van der Waals surface area contributed by atoms with Crippen molar-refractivity contribution in [2.75, 3.05) is 5.75 Å². The predicted octanol–water partition coefficient (Wildman–Crippen LogP) is 4.39. The predicted molar refractivity (Wildman–Crippen MR) is 79.7 cm³/mol. The van der Waals surface area contributed by atoms with E-state index in [9.17, 15) is 4.79 Å². The second-order valence-electron chi connectivity index (χ2n) is 3.94. The second kappa shape index (κ2) is 7.93. The Morgan fingerprint density at radius 1 is 1.33 bits per heavy atom. The van der Waals surface area contributed by atoms with Crippen molar-refractivity contribution >= 4 is 40.9 Å². The molecule has 0 fully saturated rings. The largest absolute Gasteiger partial charge is 0.353 e. The first kappa shape index (κ1) is 15.7. The van der Waals surface area contributed by atoms with Crippen molar-refractivity contribution in [3.8, 4) is 0 Å². The lowest BCUT2D eigenvalue weighted by atomic mass is 10.2. The summed E-state index contributed by atoms with van der Waals surface area (Å²) < 4.78 is 0. The summed E-state index contributed by atoms with van der Waals surface area (Å²) in [6.45, 7) is 4.13. The summed E-state index contributed by atoms with van der Waals surface area (Å²) in [6, 6.07) is 5.51. The highest BCUT2D eigenvalue weighted by Gasteiger charge is 2.10. The first-order valence-corrected chi connectivity index (χ1v) is 7.68. The van der Waals surface area contributed by atoms with E-state index in [-0.39, 0.29) is 11.9 Å². The lowest BCUT2D eigenvalue weighted by Gasteiger charge is -2.14. The summed E-state index contributed by atoms with van der Waals surface area (Å²) in [6.07, 6.45) is 1.90. The Morgan fingerprint density at radius 3 is 2.61 bits per heavy atom. The van der Waals surface area contributed by atoms with E-state index < -0.39 is 0 Å². The number of nitrogens with one attached hydrogen (secondary N) is 1. The van der Waals surface area contributed by atoms with Crippen molar-refractivity contribution in [3.05, 3.63) is 28.2 Å². The molecular formula is C13H17Cl2NOS. The molecule has 0 atom stereocenters. The molecule has 1 N–H and O–H groups in total. The van der Waals surface area contributed by atoms with Crippen LogP contribution < -0.4 is 5.32 Å². The SMILES string of the molecule is CCC(CC)NC(=O)CSc1cc(Cl)ccc1Cl. The molecule has 1 aromatic rings. The minimum atomic E-state index is 0.0322. The lowest BCUT2D eigenvalue weighted by molar-refractivity contribution is -0.119. The van der Waals surface area contributed by atoms with E-state index in [0.717, 1.165) is 17.7 Å². The average Bonchev–Trinajstić information content (AvgIpc) is 2.37. The molecule has 1 amide bonds. The number of rotatable bonds is 6. The van der Waals surface area contributed by atoms with Crippen LogP contribution in [0.25, 0.3) is 0 Å². The van der Waals surface area contributed by atoms with Gasteiger partial charge in [0.2, 0.25) is 5.91 Å². The molecule has 0 aliphatic rings. The van der Waals surface area contributed by atoms with Crippen molar-refractivity contribution in [1.82, 2.24) is 5.32 Å². The maximum absolute atomic E-state index is 11.7. The van der Waals surface area contributed by atoms with Gasteiger partial charge in [-0.25, -0.2) is 0 Å². The van der Waals surface area contributed by atoms with Gasteiger partial charge in [-0.3, -0.25) is 4.79 Å². The van der Waals surface area contributed by atoms with Crippen LogP contribution in [0, 0.1) is 0 Å². The third-order valence-electron chi connectivity index (χ3n) is 2.60. The highest BCUT2D eigenvalue weighted by atomic mass is 35.5. The van der Waals surface area contributed by atoms with Crippen molar-refractivity contribution < 1.29 is 4.79 Å². The second-order valence-corrected chi connectivity index (χ2v) is 5.81. The first-order chi connectivity index (χ1) is 8.56. The molecule has 1 rings (SSSR count). The molecule has 0 saturated heterocycles. The summed E-state index contributed by atoms with van der Waals surface area (Å²) in [5, 5.41) is 4.24. The molecular weight excluding hydrogens is 289 g/mol. The van der Waals surface area contributed by atoms with Gasteiger partial charge in [-0.05, 0) is 31.0 Å². The highest BCUT2D eigenvalue weighted by Crippen LogP contribution is 2.29. The van der Waals surface area contributed by atoms with Crippen molar-refractivity contribution in [3.63, 3.8) is 0 Å². The summed E-state index contributed by atoms with van der Waals surface area (Å²) in [5.74, 6) is 0.390. The molecule has 0 aliphatic carbocycles. The Kier molecular flexibility index (Phi) is 6.90. The molecule has 0 aromatic heterocycles. The van der Waals surface area contributed by atoms with Crippen LogP contribution in [0.15, 0.2) is 23.1 Å². The maximum atomic E-state index is 11.7. The standard InChI is InChI=1S/C13H17Cl2NOS/c1-3-10(4-2)16-13(17)8-18-12-7-9(14)5-6-11(12)15/h5-7,10H,3-4,8H2,1-2H3,(H,16,17). The molecule has 18 heavy (non-hydrogen) atoms. The number of hydrogen-bond donors (Lipinski definition) is 1. The summed E-state index contributed by atoms with van der Waals surface area (Å²) >= 11 is 13.3. The molecule has 0 unspecified atom stereocenters. The van der Waals surface area contributed by atoms with E-state index in [1.54, 1.807) is 18.2 Å². The van der Waals surface area contributed by atoms with E-state index in [2.05, 4.69) is 19.2 Å². The van der Waals surface area contributed by atoms with Crippen LogP contribution in [0.2, 0.25) is 10.0 Å². The zero-order chi connectivity index (χ0) is 13.5. The molecule has 2 nitrogen and oxygen atoms in total. The number of thioether (sulfide) groups is 1. The molecule has 0 aliphatic heterocycles. The van der Waals surface area contributed by atoms with Gasteiger partial charge in [0.05, 0.1) is 10.8 Å². The fourth-order valence-corrected chi connectivity index (χ4v) is 2.80.